The van der Waals surface area contributed by atoms with E-state index in [-0.39, 0.29) is 0 Å². The van der Waals surface area contributed by atoms with Gasteiger partial charge in [-0.2, -0.15) is 5.10 Å². The van der Waals surface area contributed by atoms with Crippen LogP contribution in [0.2, 0.25) is 0 Å². The lowest BCUT2D eigenvalue weighted by Crippen LogP contribution is -1.89. The van der Waals surface area contributed by atoms with Gasteiger partial charge < -0.3 is 0 Å². The van der Waals surface area contributed by atoms with Crippen LogP contribution < -0.4 is 5.43 Å². The van der Waals surface area contributed by atoms with Gasteiger partial charge >= 0.3 is 0 Å². The van der Waals surface area contributed by atoms with Crippen LogP contribution in [0.5, 0.6) is 0 Å². The molecule has 0 saturated carbocycles. The molecule has 0 spiro atoms. The maximum Gasteiger partial charge on any atom is 0.0349 e. The van der Waals surface area contributed by atoms with E-state index in [2.05, 4.69) is 10.5 Å². The summed E-state index contributed by atoms with van der Waals surface area (Å²) in [5.41, 5.74) is 2.72. The highest BCUT2D eigenvalue weighted by molar-refractivity contribution is 8.02. The van der Waals surface area contributed by atoms with Crippen LogP contribution in [0.25, 0.3) is 0 Å². The SMILES string of the molecule is C1=CSCC=NN1. The van der Waals surface area contributed by atoms with E-state index in [1.54, 1.807) is 11.8 Å². The van der Waals surface area contributed by atoms with Gasteiger partial charge in [0, 0.05) is 18.2 Å². The van der Waals surface area contributed by atoms with E-state index in [0.29, 0.717) is 0 Å². The third-order valence-corrected chi connectivity index (χ3v) is 1.25. The van der Waals surface area contributed by atoms with Crippen molar-refractivity contribution in [1.82, 2.24) is 5.43 Å². The maximum absolute atomic E-state index is 3.79. The fraction of sp³-hybridized carbons (Fsp3) is 0.250. The van der Waals surface area contributed by atoms with Crippen molar-refractivity contribution >= 4 is 18.0 Å². The van der Waals surface area contributed by atoms with Crippen molar-refractivity contribution in [3.05, 3.63) is 11.6 Å². The molecule has 0 amide bonds. The van der Waals surface area contributed by atoms with Gasteiger partial charge in [0.25, 0.3) is 0 Å². The molecule has 0 atom stereocenters. The molecule has 1 aliphatic heterocycles. The average Bonchev–Trinajstić information content (AvgIpc) is 1.90. The fourth-order valence-corrected chi connectivity index (χ4v) is 0.739. The molecule has 38 valence electrons. The first kappa shape index (κ1) is 4.71. The molecule has 1 aliphatic rings. The number of nitrogens with one attached hydrogen (secondary N) is 1. The Morgan fingerprint density at radius 3 is 3.71 bits per heavy atom. The van der Waals surface area contributed by atoms with Gasteiger partial charge in [0.2, 0.25) is 0 Å². The summed E-state index contributed by atoms with van der Waals surface area (Å²) in [5.74, 6) is 0.976. The maximum atomic E-state index is 3.79. The molecule has 0 radical (unpaired) electrons. The summed E-state index contributed by atoms with van der Waals surface area (Å²) < 4.78 is 0. The third kappa shape index (κ3) is 1.64. The minimum Gasteiger partial charge on any atom is -0.286 e. The van der Waals surface area contributed by atoms with Gasteiger partial charge in [-0.05, 0) is 5.41 Å². The molecule has 0 aliphatic carbocycles. The number of rotatable bonds is 0. The summed E-state index contributed by atoms with van der Waals surface area (Å²) >= 11 is 1.72. The van der Waals surface area contributed by atoms with E-state index in [1.807, 2.05) is 17.8 Å². The second-order valence-corrected chi connectivity index (χ2v) is 2.02. The van der Waals surface area contributed by atoms with Crippen molar-refractivity contribution in [2.75, 3.05) is 5.75 Å². The molecule has 0 fully saturated rings. The van der Waals surface area contributed by atoms with Crippen LogP contribution in [-0.4, -0.2) is 12.0 Å². The first-order valence-corrected chi connectivity index (χ1v) is 3.09. The average molecular weight is 114 g/mol. The van der Waals surface area contributed by atoms with Crippen LogP contribution >= 0.6 is 11.8 Å². The van der Waals surface area contributed by atoms with E-state index >= 15 is 0 Å². The quantitative estimate of drug-likeness (QED) is 0.503. The Morgan fingerprint density at radius 1 is 1.71 bits per heavy atom. The molecule has 0 saturated heterocycles. The monoisotopic (exact) mass is 114 g/mol. The second kappa shape index (κ2) is 2.69. The number of nitrogens with zero attached hydrogens (tertiary/aromatic N) is 1. The van der Waals surface area contributed by atoms with Crippen molar-refractivity contribution in [1.29, 1.82) is 0 Å². The Hall–Kier alpha value is -0.440. The van der Waals surface area contributed by atoms with Gasteiger partial charge in [-0.15, -0.1) is 11.8 Å². The van der Waals surface area contributed by atoms with E-state index in [9.17, 15) is 0 Å². The highest BCUT2D eigenvalue weighted by Crippen LogP contribution is 1.99. The Kier molecular flexibility index (Phi) is 1.81. The van der Waals surface area contributed by atoms with E-state index < -0.39 is 0 Å². The van der Waals surface area contributed by atoms with Crippen LogP contribution in [0.1, 0.15) is 0 Å². The zero-order valence-corrected chi connectivity index (χ0v) is 4.61. The molecule has 7 heavy (non-hydrogen) atoms. The largest absolute Gasteiger partial charge is 0.286 e. The second-order valence-electron chi connectivity index (χ2n) is 1.08. The molecule has 0 aromatic heterocycles. The van der Waals surface area contributed by atoms with Crippen LogP contribution in [0.15, 0.2) is 16.7 Å². The minimum absolute atomic E-state index is 0.976. The van der Waals surface area contributed by atoms with Crippen LogP contribution in [-0.2, 0) is 0 Å². The summed E-state index contributed by atoms with van der Waals surface area (Å²) in [6.07, 6.45) is 3.65. The van der Waals surface area contributed by atoms with Gasteiger partial charge in [0.15, 0.2) is 0 Å². The highest BCUT2D eigenvalue weighted by atomic mass is 32.2. The minimum atomic E-state index is 0.976. The lowest BCUT2D eigenvalue weighted by atomic mass is 10.9. The van der Waals surface area contributed by atoms with Gasteiger partial charge in [0.1, 0.15) is 0 Å². The lowest BCUT2D eigenvalue weighted by Gasteiger charge is -1.78. The Bertz CT molecular complexity index is 85.9. The third-order valence-electron chi connectivity index (χ3n) is 0.575. The molecular formula is C4H6N2S. The molecular weight excluding hydrogens is 108 g/mol. The Morgan fingerprint density at radius 2 is 2.71 bits per heavy atom. The number of thioether (sulfide) groups is 1. The molecule has 0 aromatic carbocycles. The van der Waals surface area contributed by atoms with Crippen LogP contribution in [0.4, 0.5) is 0 Å². The summed E-state index contributed by atoms with van der Waals surface area (Å²) in [5, 5.41) is 5.77. The zero-order valence-electron chi connectivity index (χ0n) is 3.79. The van der Waals surface area contributed by atoms with Crippen molar-refractivity contribution < 1.29 is 0 Å². The smallest absolute Gasteiger partial charge is 0.0349 e. The predicted octanol–water partition coefficient (Wildman–Crippen LogP) is 0.780. The first-order chi connectivity index (χ1) is 3.50. The van der Waals surface area contributed by atoms with Crippen molar-refractivity contribution in [3.8, 4) is 0 Å². The number of hydrazone groups is 1. The van der Waals surface area contributed by atoms with Gasteiger partial charge in [-0.1, -0.05) is 0 Å². The van der Waals surface area contributed by atoms with Crippen LogP contribution in [0, 0.1) is 0 Å². The fourth-order valence-electron chi connectivity index (χ4n) is 0.310. The van der Waals surface area contributed by atoms with E-state index in [4.69, 9.17) is 0 Å². The molecule has 1 heterocycles. The molecule has 1 N–H and O–H groups in total. The number of hydrogen-bond acceptors (Lipinski definition) is 3. The first-order valence-electron chi connectivity index (χ1n) is 2.04. The molecule has 3 heteroatoms. The standard InChI is InChI=1S/C4H6N2S/c1-3-7-4-2-6-5-1/h1-3,5H,4H2. The zero-order chi connectivity index (χ0) is 4.95. The van der Waals surface area contributed by atoms with E-state index in [1.165, 1.54) is 0 Å². The van der Waals surface area contributed by atoms with E-state index in [0.717, 1.165) is 5.75 Å². The topological polar surface area (TPSA) is 24.4 Å². The normalized spacial score (nSPS) is 18.3. The lowest BCUT2D eigenvalue weighted by molar-refractivity contribution is 0.979. The van der Waals surface area contributed by atoms with Crippen LogP contribution in [0.3, 0.4) is 0 Å². The van der Waals surface area contributed by atoms with Crippen molar-refractivity contribution in [2.45, 2.75) is 0 Å². The predicted molar refractivity (Wildman–Crippen MR) is 33.2 cm³/mol. The number of hydrogen-bond donors (Lipinski definition) is 1. The molecule has 0 bridgehead atoms. The highest BCUT2D eigenvalue weighted by Gasteiger charge is 1.79. The van der Waals surface area contributed by atoms with Crippen molar-refractivity contribution in [2.24, 2.45) is 5.10 Å². The van der Waals surface area contributed by atoms with Gasteiger partial charge in [-0.3, -0.25) is 5.43 Å². The Balaban J connectivity index is 2.38. The summed E-state index contributed by atoms with van der Waals surface area (Å²) in [6.45, 7) is 0. The van der Waals surface area contributed by atoms with Gasteiger partial charge in [0.05, 0.1) is 0 Å². The molecule has 0 unspecified atom stereocenters. The molecule has 2 nitrogen and oxygen atoms in total. The summed E-state index contributed by atoms with van der Waals surface area (Å²) in [4.78, 5) is 0. The molecule has 0 aromatic rings. The summed E-state index contributed by atoms with van der Waals surface area (Å²) in [6, 6.07) is 0. The molecule has 1 rings (SSSR count). The van der Waals surface area contributed by atoms with Crippen molar-refractivity contribution in [3.63, 3.8) is 0 Å². The Labute approximate surface area is 46.7 Å². The summed E-state index contributed by atoms with van der Waals surface area (Å²) in [7, 11) is 0. The van der Waals surface area contributed by atoms with Gasteiger partial charge in [-0.25, -0.2) is 0 Å².